The van der Waals surface area contributed by atoms with Crippen molar-refractivity contribution in [2.24, 2.45) is 0 Å². The van der Waals surface area contributed by atoms with Crippen LogP contribution in [0.5, 0.6) is 5.75 Å². The van der Waals surface area contributed by atoms with E-state index in [4.69, 9.17) is 10.5 Å². The Bertz CT molecular complexity index is 1070. The largest absolute Gasteiger partial charge is 0.496 e. The Morgan fingerprint density at radius 2 is 2.18 bits per heavy atom. The average molecular weight is 381 g/mol. The molecular formula is C20H20FN5O2. The second-order valence-electron chi connectivity index (χ2n) is 6.73. The summed E-state index contributed by atoms with van der Waals surface area (Å²) >= 11 is 0. The van der Waals surface area contributed by atoms with E-state index in [1.54, 1.807) is 19.4 Å². The lowest BCUT2D eigenvalue weighted by Crippen LogP contribution is -2.35. The lowest BCUT2D eigenvalue weighted by atomic mass is 10.1. The molecule has 0 fully saturated rings. The first-order valence-electron chi connectivity index (χ1n) is 8.92. The summed E-state index contributed by atoms with van der Waals surface area (Å²) in [6.45, 7) is 1.94. The van der Waals surface area contributed by atoms with Gasteiger partial charge in [0.15, 0.2) is 0 Å². The van der Waals surface area contributed by atoms with Crippen LogP contribution in [0.1, 0.15) is 16.8 Å². The number of hydrogen-bond acceptors (Lipinski definition) is 6. The molecule has 3 heterocycles. The minimum atomic E-state index is -0.340. The third-order valence-electron chi connectivity index (χ3n) is 4.83. The van der Waals surface area contributed by atoms with Crippen molar-refractivity contribution in [1.29, 1.82) is 0 Å². The highest BCUT2D eigenvalue weighted by molar-refractivity contribution is 5.67. The lowest BCUT2D eigenvalue weighted by molar-refractivity contribution is 0.241. The van der Waals surface area contributed by atoms with E-state index in [9.17, 15) is 9.18 Å². The molecule has 7 nitrogen and oxygen atoms in total. The Balaban J connectivity index is 1.51. The van der Waals surface area contributed by atoms with Crippen LogP contribution in [-0.4, -0.2) is 33.5 Å². The summed E-state index contributed by atoms with van der Waals surface area (Å²) in [5, 5.41) is 0. The molecule has 3 aromatic rings. The van der Waals surface area contributed by atoms with Crippen LogP contribution < -0.4 is 16.0 Å². The molecule has 0 bridgehead atoms. The molecule has 0 unspecified atom stereocenters. The van der Waals surface area contributed by atoms with Crippen molar-refractivity contribution in [2.45, 2.75) is 19.5 Å². The lowest BCUT2D eigenvalue weighted by Gasteiger charge is -2.27. The number of rotatable bonds is 4. The van der Waals surface area contributed by atoms with Gasteiger partial charge >= 0.3 is 0 Å². The molecule has 1 aromatic carbocycles. The standard InChI is InChI=1S/C20H20FN5O2/c1-28-18-5-3-13(21)8-14(18)16-4-2-12(9-23-16)10-26-7-6-17-15(11-26)19(27)25-20(22)24-17/h2-5,8-9H,6-7,10-11H2,1H3,(H3,22,24,25,27). The number of halogens is 1. The summed E-state index contributed by atoms with van der Waals surface area (Å²) in [5.74, 6) is 0.387. The van der Waals surface area contributed by atoms with Crippen LogP contribution in [0.25, 0.3) is 11.3 Å². The van der Waals surface area contributed by atoms with Crippen LogP contribution in [-0.2, 0) is 19.5 Å². The number of anilines is 1. The second-order valence-corrected chi connectivity index (χ2v) is 6.73. The highest BCUT2D eigenvalue weighted by Gasteiger charge is 2.21. The van der Waals surface area contributed by atoms with E-state index in [0.29, 0.717) is 42.1 Å². The van der Waals surface area contributed by atoms with Gasteiger partial charge in [-0.2, -0.15) is 0 Å². The number of H-pyrrole nitrogens is 1. The summed E-state index contributed by atoms with van der Waals surface area (Å²) < 4.78 is 18.9. The zero-order valence-corrected chi connectivity index (χ0v) is 15.4. The number of nitrogens with zero attached hydrogens (tertiary/aromatic N) is 3. The predicted octanol–water partition coefficient (Wildman–Crippen LogP) is 2.12. The smallest absolute Gasteiger partial charge is 0.257 e. The van der Waals surface area contributed by atoms with Gasteiger partial charge in [-0.1, -0.05) is 6.07 Å². The predicted molar refractivity (Wildman–Crippen MR) is 103 cm³/mol. The van der Waals surface area contributed by atoms with Crippen molar-refractivity contribution >= 4 is 5.95 Å². The molecule has 3 N–H and O–H groups in total. The van der Waals surface area contributed by atoms with Crippen LogP contribution in [0.2, 0.25) is 0 Å². The van der Waals surface area contributed by atoms with E-state index in [0.717, 1.165) is 17.8 Å². The zero-order valence-electron chi connectivity index (χ0n) is 15.4. The van der Waals surface area contributed by atoms with E-state index in [2.05, 4.69) is 19.9 Å². The normalized spacial score (nSPS) is 13.9. The number of aromatic nitrogens is 3. The van der Waals surface area contributed by atoms with Crippen LogP contribution in [0.15, 0.2) is 41.3 Å². The topological polar surface area (TPSA) is 97.1 Å². The van der Waals surface area contributed by atoms with E-state index in [-0.39, 0.29) is 17.3 Å². The van der Waals surface area contributed by atoms with Gasteiger partial charge in [-0.05, 0) is 29.8 Å². The third-order valence-corrected chi connectivity index (χ3v) is 4.83. The van der Waals surface area contributed by atoms with Crippen molar-refractivity contribution in [3.8, 4) is 17.0 Å². The van der Waals surface area contributed by atoms with Gasteiger partial charge in [0.2, 0.25) is 5.95 Å². The van der Waals surface area contributed by atoms with Crippen molar-refractivity contribution in [3.05, 3.63) is 69.5 Å². The molecule has 0 saturated carbocycles. The average Bonchev–Trinajstić information content (AvgIpc) is 2.69. The number of fused-ring (bicyclic) bond motifs is 1. The van der Waals surface area contributed by atoms with Gasteiger partial charge in [0.1, 0.15) is 11.6 Å². The number of pyridine rings is 1. The maximum absolute atomic E-state index is 13.6. The first kappa shape index (κ1) is 18.1. The highest BCUT2D eigenvalue weighted by atomic mass is 19.1. The SMILES string of the molecule is COc1ccc(F)cc1-c1ccc(CN2CCc3nc(N)[nH]c(=O)c3C2)cn1. The van der Waals surface area contributed by atoms with Crippen molar-refractivity contribution in [2.75, 3.05) is 19.4 Å². The molecule has 0 spiro atoms. The van der Waals surface area contributed by atoms with Crippen molar-refractivity contribution in [3.63, 3.8) is 0 Å². The number of aromatic amines is 1. The first-order chi connectivity index (χ1) is 13.5. The van der Waals surface area contributed by atoms with Gasteiger partial charge in [0.05, 0.1) is 24.1 Å². The molecule has 1 aliphatic heterocycles. The molecule has 0 amide bonds. The van der Waals surface area contributed by atoms with E-state index in [1.807, 2.05) is 12.1 Å². The van der Waals surface area contributed by atoms with Gasteiger partial charge in [0.25, 0.3) is 5.56 Å². The number of ether oxygens (including phenoxy) is 1. The summed E-state index contributed by atoms with van der Waals surface area (Å²) in [6.07, 6.45) is 2.44. The van der Waals surface area contributed by atoms with Crippen LogP contribution >= 0.6 is 0 Å². The summed E-state index contributed by atoms with van der Waals surface area (Å²) in [5.41, 5.74) is 9.11. The van der Waals surface area contributed by atoms with Gasteiger partial charge in [-0.15, -0.1) is 0 Å². The molecule has 0 atom stereocenters. The third kappa shape index (κ3) is 3.59. The first-order valence-corrected chi connectivity index (χ1v) is 8.92. The number of nitrogens with one attached hydrogen (secondary N) is 1. The number of nitrogens with two attached hydrogens (primary N) is 1. The molecular weight excluding hydrogens is 361 g/mol. The number of hydrogen-bond donors (Lipinski definition) is 2. The monoisotopic (exact) mass is 381 g/mol. The Hall–Kier alpha value is -3.26. The molecule has 0 saturated heterocycles. The molecule has 8 heteroatoms. The van der Waals surface area contributed by atoms with Crippen LogP contribution in [0.4, 0.5) is 10.3 Å². The fourth-order valence-corrected chi connectivity index (χ4v) is 3.45. The Kier molecular flexibility index (Phi) is 4.79. The summed E-state index contributed by atoms with van der Waals surface area (Å²) in [4.78, 5) is 25.5. The van der Waals surface area contributed by atoms with E-state index >= 15 is 0 Å². The summed E-state index contributed by atoms with van der Waals surface area (Å²) in [6, 6.07) is 8.15. The van der Waals surface area contributed by atoms with E-state index < -0.39 is 0 Å². The summed E-state index contributed by atoms with van der Waals surface area (Å²) in [7, 11) is 1.55. The second kappa shape index (κ2) is 7.40. The molecule has 0 aliphatic carbocycles. The number of methoxy groups -OCH3 is 1. The van der Waals surface area contributed by atoms with Crippen molar-refractivity contribution in [1.82, 2.24) is 19.9 Å². The van der Waals surface area contributed by atoms with Crippen molar-refractivity contribution < 1.29 is 9.13 Å². The Morgan fingerprint density at radius 1 is 1.32 bits per heavy atom. The number of benzene rings is 1. The van der Waals surface area contributed by atoms with Crippen LogP contribution in [0.3, 0.4) is 0 Å². The molecule has 1 aliphatic rings. The zero-order chi connectivity index (χ0) is 19.7. The molecule has 2 aromatic heterocycles. The minimum Gasteiger partial charge on any atom is -0.496 e. The van der Waals surface area contributed by atoms with Gasteiger partial charge in [0, 0.05) is 37.8 Å². The quantitative estimate of drug-likeness (QED) is 0.719. The molecule has 0 radical (unpaired) electrons. The molecule has 144 valence electrons. The minimum absolute atomic E-state index is 0.157. The fraction of sp³-hybridized carbons (Fsp3) is 0.250. The van der Waals surface area contributed by atoms with Gasteiger partial charge < -0.3 is 10.5 Å². The molecule has 4 rings (SSSR count). The van der Waals surface area contributed by atoms with Crippen LogP contribution in [0, 0.1) is 5.82 Å². The van der Waals surface area contributed by atoms with Gasteiger partial charge in [-0.25, -0.2) is 9.37 Å². The Labute approximate surface area is 161 Å². The maximum Gasteiger partial charge on any atom is 0.257 e. The maximum atomic E-state index is 13.6. The number of nitrogen functional groups attached to an aromatic ring is 1. The highest BCUT2D eigenvalue weighted by Crippen LogP contribution is 2.29. The fourth-order valence-electron chi connectivity index (χ4n) is 3.45. The van der Waals surface area contributed by atoms with Gasteiger partial charge in [-0.3, -0.25) is 19.7 Å². The van der Waals surface area contributed by atoms with E-state index in [1.165, 1.54) is 12.1 Å². The Morgan fingerprint density at radius 3 is 2.93 bits per heavy atom. The molecule has 28 heavy (non-hydrogen) atoms.